The van der Waals surface area contributed by atoms with Crippen molar-refractivity contribution in [3.63, 3.8) is 0 Å². The van der Waals surface area contributed by atoms with Gasteiger partial charge < -0.3 is 19.9 Å². The molecule has 1 saturated heterocycles. The SMILES string of the molecule is COc1ccc(-n2cc([C@@H](C)NC(=O)CCN3CCN(C)CC3)cn2)cc1. The Kier molecular flexibility index (Phi) is 6.47. The first-order chi connectivity index (χ1) is 13.0. The highest BCUT2D eigenvalue weighted by Crippen LogP contribution is 2.17. The molecule has 2 heterocycles. The molecule has 0 aliphatic carbocycles. The van der Waals surface area contributed by atoms with Crippen LogP contribution >= 0.6 is 0 Å². The summed E-state index contributed by atoms with van der Waals surface area (Å²) in [4.78, 5) is 17.0. The molecule has 3 rings (SSSR count). The maximum atomic E-state index is 12.3. The molecule has 27 heavy (non-hydrogen) atoms. The first kappa shape index (κ1) is 19.4. The maximum Gasteiger partial charge on any atom is 0.221 e. The molecule has 2 aromatic rings. The Morgan fingerprint density at radius 2 is 1.93 bits per heavy atom. The van der Waals surface area contributed by atoms with Crippen LogP contribution in [0.4, 0.5) is 0 Å². The average Bonchev–Trinajstić information content (AvgIpc) is 3.18. The van der Waals surface area contributed by atoms with Gasteiger partial charge in [-0.3, -0.25) is 4.79 Å². The van der Waals surface area contributed by atoms with E-state index in [-0.39, 0.29) is 11.9 Å². The van der Waals surface area contributed by atoms with Crippen molar-refractivity contribution in [2.75, 3.05) is 46.9 Å². The molecule has 0 radical (unpaired) electrons. The Hall–Kier alpha value is -2.38. The Morgan fingerprint density at radius 1 is 1.22 bits per heavy atom. The fourth-order valence-corrected chi connectivity index (χ4v) is 3.16. The summed E-state index contributed by atoms with van der Waals surface area (Å²) in [7, 11) is 3.78. The minimum absolute atomic E-state index is 0.0722. The number of hydrogen-bond acceptors (Lipinski definition) is 5. The van der Waals surface area contributed by atoms with Crippen molar-refractivity contribution in [3.8, 4) is 11.4 Å². The molecule has 0 saturated carbocycles. The Balaban J connectivity index is 1.49. The van der Waals surface area contributed by atoms with Crippen LogP contribution in [0.1, 0.15) is 24.9 Å². The molecular weight excluding hydrogens is 342 g/mol. The number of hydrogen-bond donors (Lipinski definition) is 1. The van der Waals surface area contributed by atoms with Crippen molar-refractivity contribution in [2.45, 2.75) is 19.4 Å². The van der Waals surface area contributed by atoms with Gasteiger partial charge in [-0.05, 0) is 38.2 Å². The lowest BCUT2D eigenvalue weighted by molar-refractivity contribution is -0.122. The number of methoxy groups -OCH3 is 1. The third-order valence-electron chi connectivity index (χ3n) is 5.07. The number of carbonyl (C=O) groups excluding carboxylic acids is 1. The van der Waals surface area contributed by atoms with Gasteiger partial charge in [0, 0.05) is 50.9 Å². The van der Waals surface area contributed by atoms with E-state index < -0.39 is 0 Å². The summed E-state index contributed by atoms with van der Waals surface area (Å²) >= 11 is 0. The van der Waals surface area contributed by atoms with E-state index in [1.54, 1.807) is 13.3 Å². The van der Waals surface area contributed by atoms with Crippen LogP contribution in [0, 0.1) is 0 Å². The summed E-state index contributed by atoms with van der Waals surface area (Å²) in [6, 6.07) is 7.64. The zero-order valence-corrected chi connectivity index (χ0v) is 16.4. The van der Waals surface area contributed by atoms with Crippen LogP contribution in [0.2, 0.25) is 0 Å². The largest absolute Gasteiger partial charge is 0.497 e. The van der Waals surface area contributed by atoms with Crippen LogP contribution < -0.4 is 10.1 Å². The van der Waals surface area contributed by atoms with Crippen molar-refractivity contribution in [1.29, 1.82) is 0 Å². The van der Waals surface area contributed by atoms with Crippen LogP contribution in [0.3, 0.4) is 0 Å². The van der Waals surface area contributed by atoms with Gasteiger partial charge in [0.05, 0.1) is 25.0 Å². The molecule has 1 aliphatic rings. The van der Waals surface area contributed by atoms with Crippen molar-refractivity contribution in [2.24, 2.45) is 0 Å². The van der Waals surface area contributed by atoms with Crippen LogP contribution in [0.15, 0.2) is 36.7 Å². The number of rotatable bonds is 7. The molecule has 1 aromatic heterocycles. The third-order valence-corrected chi connectivity index (χ3v) is 5.07. The summed E-state index contributed by atoms with van der Waals surface area (Å²) in [6.07, 6.45) is 4.28. The monoisotopic (exact) mass is 371 g/mol. The third kappa shape index (κ3) is 5.30. The number of nitrogens with zero attached hydrogens (tertiary/aromatic N) is 4. The molecular formula is C20H29N5O2. The van der Waals surface area contributed by atoms with Gasteiger partial charge in [0.2, 0.25) is 5.91 Å². The lowest BCUT2D eigenvalue weighted by Gasteiger charge is -2.32. The van der Waals surface area contributed by atoms with Crippen LogP contribution in [-0.2, 0) is 4.79 Å². The van der Waals surface area contributed by atoms with Crippen LogP contribution in [0.5, 0.6) is 5.75 Å². The fraction of sp³-hybridized carbons (Fsp3) is 0.500. The molecule has 1 fully saturated rings. The molecule has 7 heteroatoms. The van der Waals surface area contributed by atoms with Gasteiger partial charge in [0.25, 0.3) is 0 Å². The lowest BCUT2D eigenvalue weighted by atomic mass is 10.2. The number of ether oxygens (including phenoxy) is 1. The van der Waals surface area contributed by atoms with E-state index in [0.717, 1.165) is 49.7 Å². The van der Waals surface area contributed by atoms with Gasteiger partial charge in [-0.15, -0.1) is 0 Å². The lowest BCUT2D eigenvalue weighted by Crippen LogP contribution is -2.45. The molecule has 1 N–H and O–H groups in total. The number of piperazine rings is 1. The molecule has 0 bridgehead atoms. The van der Waals surface area contributed by atoms with E-state index in [4.69, 9.17) is 4.74 Å². The van der Waals surface area contributed by atoms with E-state index in [1.165, 1.54) is 0 Å². The number of amides is 1. The Bertz CT molecular complexity index is 735. The molecule has 0 unspecified atom stereocenters. The van der Waals surface area contributed by atoms with E-state index in [0.29, 0.717) is 6.42 Å². The van der Waals surface area contributed by atoms with Gasteiger partial charge in [0.15, 0.2) is 0 Å². The van der Waals surface area contributed by atoms with E-state index in [2.05, 4.69) is 27.3 Å². The van der Waals surface area contributed by atoms with Gasteiger partial charge in [-0.1, -0.05) is 0 Å². The van der Waals surface area contributed by atoms with Crippen molar-refractivity contribution in [3.05, 3.63) is 42.2 Å². The first-order valence-electron chi connectivity index (χ1n) is 9.44. The predicted molar refractivity (Wildman–Crippen MR) is 105 cm³/mol. The van der Waals surface area contributed by atoms with Crippen LogP contribution in [-0.4, -0.2) is 72.4 Å². The molecule has 1 atom stereocenters. The second kappa shape index (κ2) is 9.01. The summed E-state index contributed by atoms with van der Waals surface area (Å²) in [5.74, 6) is 0.894. The minimum atomic E-state index is -0.0722. The second-order valence-corrected chi connectivity index (χ2v) is 7.10. The van der Waals surface area contributed by atoms with E-state index in [9.17, 15) is 4.79 Å². The zero-order chi connectivity index (χ0) is 19.2. The van der Waals surface area contributed by atoms with Crippen molar-refractivity contribution < 1.29 is 9.53 Å². The number of benzene rings is 1. The number of likely N-dealkylation sites (N-methyl/N-ethyl adjacent to an activating group) is 1. The number of carbonyl (C=O) groups is 1. The Morgan fingerprint density at radius 3 is 2.59 bits per heavy atom. The molecule has 146 valence electrons. The highest BCUT2D eigenvalue weighted by Gasteiger charge is 2.16. The highest BCUT2D eigenvalue weighted by molar-refractivity contribution is 5.76. The maximum absolute atomic E-state index is 12.3. The standard InChI is InChI=1S/C20H29N5O2/c1-16(22-20(26)8-9-24-12-10-23(2)11-13-24)17-14-21-25(15-17)18-4-6-19(27-3)7-5-18/h4-7,14-16H,8-13H2,1-3H3,(H,22,26)/t16-/m1/s1. The first-order valence-corrected chi connectivity index (χ1v) is 9.44. The molecule has 1 aliphatic heterocycles. The predicted octanol–water partition coefficient (Wildman–Crippen LogP) is 1.70. The second-order valence-electron chi connectivity index (χ2n) is 7.10. The van der Waals surface area contributed by atoms with Crippen molar-refractivity contribution >= 4 is 5.91 Å². The quantitative estimate of drug-likeness (QED) is 0.803. The van der Waals surface area contributed by atoms with Crippen molar-refractivity contribution in [1.82, 2.24) is 24.9 Å². The minimum Gasteiger partial charge on any atom is -0.497 e. The smallest absolute Gasteiger partial charge is 0.221 e. The van der Waals surface area contributed by atoms with Gasteiger partial charge in [-0.25, -0.2) is 4.68 Å². The molecule has 7 nitrogen and oxygen atoms in total. The number of aromatic nitrogens is 2. The summed E-state index contributed by atoms with van der Waals surface area (Å²) in [6.45, 7) is 7.02. The summed E-state index contributed by atoms with van der Waals surface area (Å²) in [5, 5.41) is 7.49. The molecule has 0 spiro atoms. The average molecular weight is 371 g/mol. The van der Waals surface area contributed by atoms with Gasteiger partial charge >= 0.3 is 0 Å². The topological polar surface area (TPSA) is 62.6 Å². The van der Waals surface area contributed by atoms with Gasteiger partial charge in [-0.2, -0.15) is 5.10 Å². The summed E-state index contributed by atoms with van der Waals surface area (Å²) in [5.41, 5.74) is 1.94. The number of nitrogens with one attached hydrogen (secondary N) is 1. The summed E-state index contributed by atoms with van der Waals surface area (Å²) < 4.78 is 6.99. The van der Waals surface area contributed by atoms with E-state index >= 15 is 0 Å². The molecule has 1 aromatic carbocycles. The van der Waals surface area contributed by atoms with Gasteiger partial charge in [0.1, 0.15) is 5.75 Å². The fourth-order valence-electron chi connectivity index (χ4n) is 3.16. The van der Waals surface area contributed by atoms with Crippen LogP contribution in [0.25, 0.3) is 5.69 Å². The Labute approximate surface area is 160 Å². The normalized spacial score (nSPS) is 16.9. The highest BCUT2D eigenvalue weighted by atomic mass is 16.5. The van der Waals surface area contributed by atoms with E-state index in [1.807, 2.05) is 42.1 Å². The molecule has 1 amide bonds. The zero-order valence-electron chi connectivity index (χ0n) is 16.4.